The Kier molecular flexibility index (Phi) is 4.64. The van der Waals surface area contributed by atoms with Crippen molar-refractivity contribution in [2.75, 3.05) is 27.4 Å². The highest BCUT2D eigenvalue weighted by molar-refractivity contribution is 6.00. The largest absolute Gasteiger partial charge is 0.497 e. The number of nitrogens with one attached hydrogen (secondary N) is 1. The van der Waals surface area contributed by atoms with Gasteiger partial charge in [0.05, 0.1) is 25.5 Å². The first kappa shape index (κ1) is 17.3. The van der Waals surface area contributed by atoms with Crippen molar-refractivity contribution in [3.8, 4) is 17.0 Å². The number of methoxy groups -OCH3 is 2. The number of fused-ring (bicyclic) bond motifs is 1. The minimum Gasteiger partial charge on any atom is -0.497 e. The van der Waals surface area contributed by atoms with E-state index in [2.05, 4.69) is 10.2 Å². The number of carbonyl (C=O) groups excluding carboxylic acids is 1. The lowest BCUT2D eigenvalue weighted by Crippen LogP contribution is -2.32. The maximum atomic E-state index is 13.0. The molecule has 1 atom stereocenters. The molecule has 1 N–H and O–H groups in total. The van der Waals surface area contributed by atoms with Crippen LogP contribution in [0.1, 0.15) is 27.7 Å². The predicted octanol–water partition coefficient (Wildman–Crippen LogP) is 3.28. The molecule has 0 saturated carbocycles. The van der Waals surface area contributed by atoms with Gasteiger partial charge in [-0.25, -0.2) is 0 Å². The molecule has 1 amide bonds. The van der Waals surface area contributed by atoms with Crippen LogP contribution in [-0.4, -0.2) is 48.4 Å². The molecule has 0 spiro atoms. The summed E-state index contributed by atoms with van der Waals surface area (Å²) in [7, 11) is 3.28. The lowest BCUT2D eigenvalue weighted by atomic mass is 9.96. The second-order valence-electron chi connectivity index (χ2n) is 6.39. The number of benzene rings is 2. The molecule has 1 aliphatic heterocycles. The van der Waals surface area contributed by atoms with E-state index in [4.69, 9.17) is 9.47 Å². The molecule has 0 fully saturated rings. The number of rotatable bonds is 6. The van der Waals surface area contributed by atoms with Crippen LogP contribution < -0.4 is 4.74 Å². The summed E-state index contributed by atoms with van der Waals surface area (Å²) in [6.45, 7) is 0.972. The van der Waals surface area contributed by atoms with Crippen LogP contribution in [-0.2, 0) is 4.74 Å². The van der Waals surface area contributed by atoms with Gasteiger partial charge in [0.1, 0.15) is 11.4 Å². The number of hydrogen-bond donors (Lipinski definition) is 1. The fourth-order valence-corrected chi connectivity index (χ4v) is 3.57. The van der Waals surface area contributed by atoms with Crippen molar-refractivity contribution in [3.05, 3.63) is 71.4 Å². The van der Waals surface area contributed by atoms with E-state index in [0.29, 0.717) is 18.8 Å². The number of ether oxygens (including phenoxy) is 2. The molecule has 27 heavy (non-hydrogen) atoms. The van der Waals surface area contributed by atoms with Crippen molar-refractivity contribution in [2.24, 2.45) is 0 Å². The summed E-state index contributed by atoms with van der Waals surface area (Å²) in [4.78, 5) is 14.9. The molecule has 6 heteroatoms. The van der Waals surface area contributed by atoms with Gasteiger partial charge >= 0.3 is 0 Å². The van der Waals surface area contributed by atoms with Crippen LogP contribution in [0.25, 0.3) is 11.3 Å². The number of amides is 1. The van der Waals surface area contributed by atoms with Gasteiger partial charge in [-0.1, -0.05) is 42.5 Å². The molecule has 138 valence electrons. The number of nitrogens with zero attached hydrogens (tertiary/aromatic N) is 2. The molecule has 3 aromatic rings. The van der Waals surface area contributed by atoms with Crippen molar-refractivity contribution in [2.45, 2.75) is 6.04 Å². The van der Waals surface area contributed by atoms with Crippen molar-refractivity contribution < 1.29 is 14.3 Å². The summed E-state index contributed by atoms with van der Waals surface area (Å²) in [5, 5.41) is 7.41. The van der Waals surface area contributed by atoms with E-state index in [1.807, 2.05) is 59.5 Å². The molecule has 1 aliphatic rings. The van der Waals surface area contributed by atoms with Gasteiger partial charge in [-0.2, -0.15) is 5.10 Å². The summed E-state index contributed by atoms with van der Waals surface area (Å²) in [6.07, 6.45) is 0. The molecule has 0 bridgehead atoms. The minimum absolute atomic E-state index is 0.0578. The minimum atomic E-state index is -0.220. The van der Waals surface area contributed by atoms with Crippen LogP contribution in [0.15, 0.2) is 54.6 Å². The van der Waals surface area contributed by atoms with E-state index in [-0.39, 0.29) is 11.9 Å². The Hall–Kier alpha value is -3.12. The molecule has 0 saturated heterocycles. The van der Waals surface area contributed by atoms with E-state index in [1.165, 1.54) is 0 Å². The number of H-pyrrole nitrogens is 1. The normalized spacial score (nSPS) is 15.9. The highest BCUT2D eigenvalue weighted by atomic mass is 16.5. The van der Waals surface area contributed by atoms with E-state index in [9.17, 15) is 4.79 Å². The van der Waals surface area contributed by atoms with E-state index >= 15 is 0 Å². The third-order valence-electron chi connectivity index (χ3n) is 4.88. The molecular formula is C21H21N3O3. The monoisotopic (exact) mass is 363 g/mol. The van der Waals surface area contributed by atoms with Crippen LogP contribution in [0, 0.1) is 0 Å². The summed E-state index contributed by atoms with van der Waals surface area (Å²) < 4.78 is 10.5. The van der Waals surface area contributed by atoms with Crippen LogP contribution in [0.4, 0.5) is 0 Å². The van der Waals surface area contributed by atoms with Gasteiger partial charge in [0.15, 0.2) is 0 Å². The molecule has 2 heterocycles. The zero-order valence-electron chi connectivity index (χ0n) is 15.3. The molecule has 6 nitrogen and oxygen atoms in total. The Bertz CT molecular complexity index is 935. The van der Waals surface area contributed by atoms with Crippen LogP contribution in [0.3, 0.4) is 0 Å². The highest BCUT2D eigenvalue weighted by Crippen LogP contribution is 2.42. The first-order chi connectivity index (χ1) is 13.2. The molecule has 2 aromatic carbocycles. The number of hydrogen-bond acceptors (Lipinski definition) is 4. The smallest absolute Gasteiger partial charge is 0.273 e. The highest BCUT2D eigenvalue weighted by Gasteiger charge is 2.41. The van der Waals surface area contributed by atoms with E-state index in [0.717, 1.165) is 28.1 Å². The summed E-state index contributed by atoms with van der Waals surface area (Å²) in [5.41, 5.74) is 4.26. The van der Waals surface area contributed by atoms with Gasteiger partial charge in [-0.15, -0.1) is 0 Å². The summed E-state index contributed by atoms with van der Waals surface area (Å²) in [6, 6.07) is 17.5. The maximum absolute atomic E-state index is 13.0. The van der Waals surface area contributed by atoms with Crippen LogP contribution in [0.5, 0.6) is 5.75 Å². The standard InChI is InChI=1S/C21H21N3O3/c1-26-13-12-24-20(15-8-10-16(27-2)11-9-15)17-18(14-6-4-3-5-7-14)22-23-19(17)21(24)25/h3-11,20H,12-13H2,1-2H3,(H,22,23). The molecule has 0 radical (unpaired) electrons. The van der Waals surface area contributed by atoms with Gasteiger partial charge in [-0.3, -0.25) is 9.89 Å². The van der Waals surface area contributed by atoms with E-state index < -0.39 is 0 Å². The second kappa shape index (κ2) is 7.25. The van der Waals surface area contributed by atoms with Gasteiger partial charge in [0.25, 0.3) is 5.91 Å². The quantitative estimate of drug-likeness (QED) is 0.730. The van der Waals surface area contributed by atoms with Gasteiger partial charge in [0, 0.05) is 24.8 Å². The Labute approximate surface area is 157 Å². The lowest BCUT2D eigenvalue weighted by Gasteiger charge is -2.26. The Morgan fingerprint density at radius 1 is 1.07 bits per heavy atom. The Morgan fingerprint density at radius 2 is 1.81 bits per heavy atom. The molecule has 1 aromatic heterocycles. The maximum Gasteiger partial charge on any atom is 0.273 e. The van der Waals surface area contributed by atoms with Gasteiger partial charge < -0.3 is 14.4 Å². The first-order valence-electron chi connectivity index (χ1n) is 8.82. The first-order valence-corrected chi connectivity index (χ1v) is 8.82. The average Bonchev–Trinajstić information content (AvgIpc) is 3.26. The molecule has 4 rings (SSSR count). The van der Waals surface area contributed by atoms with Crippen LogP contribution in [0.2, 0.25) is 0 Å². The third kappa shape index (κ3) is 2.98. The van der Waals surface area contributed by atoms with E-state index in [1.54, 1.807) is 14.2 Å². The van der Waals surface area contributed by atoms with Gasteiger partial charge in [0.2, 0.25) is 0 Å². The fourth-order valence-electron chi connectivity index (χ4n) is 3.57. The Balaban J connectivity index is 1.83. The number of aromatic nitrogens is 2. The molecule has 0 aliphatic carbocycles. The summed E-state index contributed by atoms with van der Waals surface area (Å²) in [5.74, 6) is 0.722. The van der Waals surface area contributed by atoms with Crippen molar-refractivity contribution in [1.29, 1.82) is 0 Å². The average molecular weight is 363 g/mol. The second-order valence-corrected chi connectivity index (χ2v) is 6.39. The predicted molar refractivity (Wildman–Crippen MR) is 102 cm³/mol. The van der Waals surface area contributed by atoms with Crippen LogP contribution >= 0.6 is 0 Å². The Morgan fingerprint density at radius 3 is 2.48 bits per heavy atom. The van der Waals surface area contributed by atoms with Gasteiger partial charge in [-0.05, 0) is 17.7 Å². The topological polar surface area (TPSA) is 67.5 Å². The van der Waals surface area contributed by atoms with Crippen molar-refractivity contribution >= 4 is 5.91 Å². The SMILES string of the molecule is COCCN1C(=O)c2[nH]nc(-c3ccccc3)c2C1c1ccc(OC)cc1. The third-order valence-corrected chi connectivity index (χ3v) is 4.88. The number of carbonyl (C=O) groups is 1. The lowest BCUT2D eigenvalue weighted by molar-refractivity contribution is 0.0677. The van der Waals surface area contributed by atoms with Crippen molar-refractivity contribution in [3.63, 3.8) is 0 Å². The number of aromatic amines is 1. The zero-order chi connectivity index (χ0) is 18.8. The molecule has 1 unspecified atom stereocenters. The fraction of sp³-hybridized carbons (Fsp3) is 0.238. The molecular weight excluding hydrogens is 342 g/mol. The van der Waals surface area contributed by atoms with Crippen molar-refractivity contribution in [1.82, 2.24) is 15.1 Å². The summed E-state index contributed by atoms with van der Waals surface area (Å²) >= 11 is 0. The zero-order valence-corrected chi connectivity index (χ0v) is 15.3.